The maximum absolute atomic E-state index is 12.7. The largest absolute Gasteiger partial charge is 0.457 e. The summed E-state index contributed by atoms with van der Waals surface area (Å²) < 4.78 is 77.1. The number of ether oxygens (including phenoxy) is 14. The summed E-state index contributed by atoms with van der Waals surface area (Å²) in [5.74, 6) is -4.88. The molecule has 25 atom stereocenters. The van der Waals surface area contributed by atoms with Crippen molar-refractivity contribution in [3.8, 4) is 0 Å². The quantitative estimate of drug-likeness (QED) is 0.0448. The third-order valence-electron chi connectivity index (χ3n) is 11.7. The van der Waals surface area contributed by atoms with Crippen molar-refractivity contribution in [3.63, 3.8) is 0 Å². The molecule has 0 spiro atoms. The highest BCUT2D eigenvalue weighted by Crippen LogP contribution is 2.36. The van der Waals surface area contributed by atoms with Crippen LogP contribution in [0.2, 0.25) is 0 Å². The highest BCUT2D eigenvalue weighted by atomic mass is 16.8. The smallest absolute Gasteiger partial charge is 0.303 e. The fraction of sp³-hybridized carbons (Fsp3) is 0.875. The zero-order valence-corrected chi connectivity index (χ0v) is 38.6. The summed E-state index contributed by atoms with van der Waals surface area (Å²) in [5.41, 5.74) is 0. The molecule has 0 aromatic heterocycles. The van der Waals surface area contributed by atoms with Crippen molar-refractivity contribution in [1.29, 1.82) is 0 Å². The number of esters is 5. The van der Waals surface area contributed by atoms with Crippen LogP contribution in [0.1, 0.15) is 34.6 Å². The van der Waals surface area contributed by atoms with Gasteiger partial charge in [0.25, 0.3) is 0 Å². The Balaban J connectivity index is 1.44. The molecule has 0 aromatic carbocycles. The molecule has 5 saturated heterocycles. The van der Waals surface area contributed by atoms with E-state index in [-0.39, 0.29) is 0 Å². The SMILES string of the molecule is CC(=O)O[C@@H]1[C@@H](OC[C@H]2O[C@H](O)[C@@H](OC(C)=O)[C@@H](O[C@H]3O[C@H](CO)[C@@H](OC(C)=O)[C@H](O)[C@@H]3O)[C@@H]2O)O[C@H](CO[C@H]2O[C@H](CO)[C@@H](OC(C)=O)[C@H](O)[C@@H]2O)[C@@H](O)[C@@H]1O[C@H]1O[C@H](CO)[C@@H](OC(C)=O)[C@H](O)[C@@H]1O. The number of rotatable bonds is 18. The number of hydrogen-bond donors (Lipinski definition) is 12. The Morgan fingerprint density at radius 3 is 1.01 bits per heavy atom. The first-order valence-corrected chi connectivity index (χ1v) is 22.0. The first-order chi connectivity index (χ1) is 33.4. The lowest BCUT2D eigenvalue weighted by Crippen LogP contribution is -2.67. The summed E-state index contributed by atoms with van der Waals surface area (Å²) in [6, 6.07) is 0. The van der Waals surface area contributed by atoms with Crippen LogP contribution in [0.3, 0.4) is 0 Å². The molecule has 31 heteroatoms. The molecule has 0 radical (unpaired) electrons. The van der Waals surface area contributed by atoms with E-state index >= 15 is 0 Å². The highest BCUT2D eigenvalue weighted by molar-refractivity contribution is 5.67. The Labute approximate surface area is 402 Å². The molecule has 5 rings (SSSR count). The minimum Gasteiger partial charge on any atom is -0.457 e. The second-order valence-electron chi connectivity index (χ2n) is 16.9. The summed E-state index contributed by atoms with van der Waals surface area (Å²) >= 11 is 0. The van der Waals surface area contributed by atoms with E-state index in [1.807, 2.05) is 0 Å². The molecule has 0 unspecified atom stereocenters. The average molecular weight is 1040 g/mol. The third-order valence-corrected chi connectivity index (χ3v) is 11.7. The molecular formula is C40H62O31. The molecule has 5 aliphatic heterocycles. The van der Waals surface area contributed by atoms with Crippen LogP contribution in [0, 0.1) is 0 Å². The van der Waals surface area contributed by atoms with Crippen LogP contribution in [-0.4, -0.2) is 278 Å². The first-order valence-electron chi connectivity index (χ1n) is 22.0. The summed E-state index contributed by atoms with van der Waals surface area (Å²) in [5, 5.41) is 130. The van der Waals surface area contributed by atoms with E-state index in [1.165, 1.54) is 0 Å². The van der Waals surface area contributed by atoms with Gasteiger partial charge in [-0.2, -0.15) is 0 Å². The minimum atomic E-state index is -2.18. The van der Waals surface area contributed by atoms with E-state index in [2.05, 4.69) is 0 Å². The molecule has 0 aromatic rings. The van der Waals surface area contributed by atoms with Gasteiger partial charge in [0.2, 0.25) is 0 Å². The van der Waals surface area contributed by atoms with Gasteiger partial charge in [-0.05, 0) is 0 Å². The Morgan fingerprint density at radius 1 is 0.338 bits per heavy atom. The van der Waals surface area contributed by atoms with Crippen LogP contribution in [0.5, 0.6) is 0 Å². The first kappa shape index (κ1) is 58.4. The van der Waals surface area contributed by atoms with Crippen LogP contribution in [0.4, 0.5) is 0 Å². The van der Waals surface area contributed by atoms with E-state index < -0.39 is 216 Å². The lowest BCUT2D eigenvalue weighted by Gasteiger charge is -2.48. The second kappa shape index (κ2) is 25.6. The molecule has 71 heavy (non-hydrogen) atoms. The highest BCUT2D eigenvalue weighted by Gasteiger charge is 2.57. The number of carbonyl (C=O) groups is 5. The molecule has 12 N–H and O–H groups in total. The van der Waals surface area contributed by atoms with E-state index in [4.69, 9.17) is 66.3 Å². The van der Waals surface area contributed by atoms with Gasteiger partial charge in [0, 0.05) is 34.6 Å². The lowest BCUT2D eigenvalue weighted by atomic mass is 9.96. The molecule has 0 saturated carbocycles. The van der Waals surface area contributed by atoms with Crippen molar-refractivity contribution in [2.24, 2.45) is 0 Å². The van der Waals surface area contributed by atoms with Gasteiger partial charge >= 0.3 is 29.8 Å². The van der Waals surface area contributed by atoms with Crippen LogP contribution in [0.15, 0.2) is 0 Å². The van der Waals surface area contributed by atoms with Crippen molar-refractivity contribution in [2.75, 3.05) is 33.0 Å². The molecular weight excluding hydrogens is 976 g/mol. The van der Waals surface area contributed by atoms with Gasteiger partial charge in [0.1, 0.15) is 91.6 Å². The normalized spacial score (nSPS) is 43.9. The van der Waals surface area contributed by atoms with Crippen LogP contribution in [0.25, 0.3) is 0 Å². The third kappa shape index (κ3) is 14.0. The Kier molecular flexibility index (Phi) is 21.1. The zero-order valence-electron chi connectivity index (χ0n) is 38.6. The Bertz CT molecular complexity index is 1770. The Morgan fingerprint density at radius 2 is 0.634 bits per heavy atom. The fourth-order valence-electron chi connectivity index (χ4n) is 8.37. The zero-order chi connectivity index (χ0) is 52.8. The van der Waals surface area contributed by atoms with Crippen molar-refractivity contribution >= 4 is 29.8 Å². The molecule has 0 amide bonds. The van der Waals surface area contributed by atoms with Crippen LogP contribution >= 0.6 is 0 Å². The predicted octanol–water partition coefficient (Wildman–Crippen LogP) is -9.07. The van der Waals surface area contributed by atoms with Gasteiger partial charge in [-0.15, -0.1) is 0 Å². The van der Waals surface area contributed by atoms with Crippen molar-refractivity contribution in [3.05, 3.63) is 0 Å². The van der Waals surface area contributed by atoms with Crippen molar-refractivity contribution in [2.45, 2.75) is 188 Å². The predicted molar refractivity (Wildman–Crippen MR) is 214 cm³/mol. The van der Waals surface area contributed by atoms with Gasteiger partial charge in [-0.25, -0.2) is 0 Å². The topological polar surface area (TPSA) is 457 Å². The van der Waals surface area contributed by atoms with E-state index in [9.17, 15) is 85.3 Å². The molecule has 0 bridgehead atoms. The monoisotopic (exact) mass is 1040 g/mol. The van der Waals surface area contributed by atoms with Gasteiger partial charge in [-0.3, -0.25) is 24.0 Å². The number of aliphatic hydroxyl groups is 12. The van der Waals surface area contributed by atoms with Crippen LogP contribution in [-0.2, 0) is 90.3 Å². The van der Waals surface area contributed by atoms with Gasteiger partial charge in [-0.1, -0.05) is 0 Å². The molecule has 5 heterocycles. The molecule has 5 fully saturated rings. The lowest BCUT2D eigenvalue weighted by molar-refractivity contribution is -0.375. The second-order valence-corrected chi connectivity index (χ2v) is 16.9. The maximum atomic E-state index is 12.7. The number of hydrogen-bond acceptors (Lipinski definition) is 31. The van der Waals surface area contributed by atoms with Crippen molar-refractivity contribution in [1.82, 2.24) is 0 Å². The van der Waals surface area contributed by atoms with E-state index in [0.717, 1.165) is 34.6 Å². The summed E-state index contributed by atoms with van der Waals surface area (Å²) in [6.45, 7) is 0.247. The van der Waals surface area contributed by atoms with Crippen molar-refractivity contribution < 1.29 is 152 Å². The molecule has 5 aliphatic rings. The maximum Gasteiger partial charge on any atom is 0.303 e. The fourth-order valence-corrected chi connectivity index (χ4v) is 8.37. The van der Waals surface area contributed by atoms with Crippen LogP contribution < -0.4 is 0 Å². The molecule has 31 nitrogen and oxygen atoms in total. The van der Waals surface area contributed by atoms with Gasteiger partial charge in [0.05, 0.1) is 33.0 Å². The average Bonchev–Trinajstić information content (AvgIpc) is 3.30. The summed E-state index contributed by atoms with van der Waals surface area (Å²) in [7, 11) is 0. The number of carbonyl (C=O) groups excluding carboxylic acids is 5. The summed E-state index contributed by atoms with van der Waals surface area (Å²) in [4.78, 5) is 59.9. The summed E-state index contributed by atoms with van der Waals surface area (Å²) in [6.07, 6.45) is -47.1. The minimum absolute atomic E-state index is 0.865. The number of aliphatic hydroxyl groups excluding tert-OH is 12. The van der Waals surface area contributed by atoms with E-state index in [1.54, 1.807) is 0 Å². The Hall–Kier alpha value is -3.49. The van der Waals surface area contributed by atoms with Gasteiger partial charge < -0.3 is 128 Å². The van der Waals surface area contributed by atoms with Gasteiger partial charge in [0.15, 0.2) is 62.0 Å². The standard InChI is InChI=1S/C40H62O31/c1-11(44)60-29-16(6-41)66-37(26(54)23(29)51)58-10-20-22(50)33(71-39-28(56)25(53)31(62-13(3)46)18(8-43)68-39)35(64-15(5)48)40(69-20)59-9-19-21(49)32(34(36(57)65-19)63-14(4)47)70-38-27(55)24(52)30(61-12(2)45)17(7-42)67-38/h16-43,49-57H,6-10H2,1-5H3/t16-,17-,18-,19-,20-,21-,22-,23-,24-,25-,26+,27+,28+,29-,30-,31-,32+,33+,34+,35+,36+,37+,38-,39-,40+/m1/s1. The van der Waals surface area contributed by atoms with E-state index in [0.29, 0.717) is 0 Å². The molecule has 0 aliphatic carbocycles. The molecule has 408 valence electrons.